The van der Waals surface area contributed by atoms with Crippen LogP contribution in [0.2, 0.25) is 5.02 Å². The standard InChI is InChI=1S/C24H23ClF3NO2/c1-29(15-20(30)16-31-21-5-3-2-4-6-21)14-17-7-9-18(10-8-17)22-12-11-19(25)13-23(22)24(26,27)28/h2-13,20,30H,14-16H2,1H3. The number of alkyl halides is 3. The highest BCUT2D eigenvalue weighted by molar-refractivity contribution is 6.30. The molecule has 3 rings (SSSR count). The van der Waals surface area contributed by atoms with Gasteiger partial charge in [-0.05, 0) is 48.0 Å². The van der Waals surface area contributed by atoms with Crippen molar-refractivity contribution in [2.45, 2.75) is 18.8 Å². The summed E-state index contributed by atoms with van der Waals surface area (Å²) in [6.07, 6.45) is -5.16. The monoisotopic (exact) mass is 449 g/mol. The van der Waals surface area contributed by atoms with E-state index in [9.17, 15) is 18.3 Å². The molecule has 0 saturated carbocycles. The van der Waals surface area contributed by atoms with Crippen LogP contribution in [0.3, 0.4) is 0 Å². The first-order valence-corrected chi connectivity index (χ1v) is 10.1. The van der Waals surface area contributed by atoms with E-state index in [0.717, 1.165) is 11.6 Å². The molecule has 0 amide bonds. The third-order valence-corrected chi connectivity index (χ3v) is 4.95. The summed E-state index contributed by atoms with van der Waals surface area (Å²) in [4.78, 5) is 1.93. The Bertz CT molecular complexity index is 978. The number of aliphatic hydroxyl groups is 1. The topological polar surface area (TPSA) is 32.7 Å². The molecule has 0 radical (unpaired) electrons. The quantitative estimate of drug-likeness (QED) is 0.465. The van der Waals surface area contributed by atoms with E-state index in [1.165, 1.54) is 12.1 Å². The molecule has 1 unspecified atom stereocenters. The van der Waals surface area contributed by atoms with Crippen molar-refractivity contribution in [3.63, 3.8) is 0 Å². The van der Waals surface area contributed by atoms with Crippen LogP contribution in [0.25, 0.3) is 11.1 Å². The van der Waals surface area contributed by atoms with Gasteiger partial charge < -0.3 is 9.84 Å². The molecule has 3 aromatic rings. The van der Waals surface area contributed by atoms with Gasteiger partial charge in [-0.25, -0.2) is 0 Å². The minimum absolute atomic E-state index is 0.0455. The molecule has 0 aromatic heterocycles. The van der Waals surface area contributed by atoms with Crippen LogP contribution < -0.4 is 4.74 Å². The maximum absolute atomic E-state index is 13.4. The maximum atomic E-state index is 13.4. The van der Waals surface area contributed by atoms with Crippen LogP contribution in [0.5, 0.6) is 5.75 Å². The molecule has 0 heterocycles. The summed E-state index contributed by atoms with van der Waals surface area (Å²) in [5, 5.41) is 10.2. The summed E-state index contributed by atoms with van der Waals surface area (Å²) in [6, 6.07) is 19.9. The van der Waals surface area contributed by atoms with Crippen molar-refractivity contribution in [2.24, 2.45) is 0 Å². The van der Waals surface area contributed by atoms with E-state index in [-0.39, 0.29) is 17.2 Å². The van der Waals surface area contributed by atoms with Gasteiger partial charge in [-0.3, -0.25) is 4.90 Å². The van der Waals surface area contributed by atoms with Gasteiger partial charge in [0.1, 0.15) is 18.5 Å². The zero-order chi connectivity index (χ0) is 22.4. The second-order valence-electron chi connectivity index (χ2n) is 7.36. The lowest BCUT2D eigenvalue weighted by Crippen LogP contribution is -2.32. The van der Waals surface area contributed by atoms with Crippen LogP contribution in [-0.4, -0.2) is 36.3 Å². The lowest BCUT2D eigenvalue weighted by atomic mass is 9.98. The zero-order valence-electron chi connectivity index (χ0n) is 16.9. The minimum Gasteiger partial charge on any atom is -0.491 e. The molecular formula is C24H23ClF3NO2. The molecule has 7 heteroatoms. The fourth-order valence-corrected chi connectivity index (χ4v) is 3.46. The fourth-order valence-electron chi connectivity index (χ4n) is 3.29. The Morgan fingerprint density at radius 3 is 2.32 bits per heavy atom. The van der Waals surface area contributed by atoms with Crippen LogP contribution in [-0.2, 0) is 12.7 Å². The van der Waals surface area contributed by atoms with Crippen LogP contribution in [0, 0.1) is 0 Å². The molecular weight excluding hydrogens is 427 g/mol. The average molecular weight is 450 g/mol. The van der Waals surface area contributed by atoms with Crippen molar-refractivity contribution in [1.82, 2.24) is 4.90 Å². The minimum atomic E-state index is -4.49. The SMILES string of the molecule is CN(Cc1ccc(-c2ccc(Cl)cc2C(F)(F)F)cc1)CC(O)COc1ccccc1. The average Bonchev–Trinajstić information content (AvgIpc) is 2.73. The van der Waals surface area contributed by atoms with Gasteiger partial charge in [-0.15, -0.1) is 0 Å². The van der Waals surface area contributed by atoms with Crippen molar-refractivity contribution >= 4 is 11.6 Å². The molecule has 0 aliphatic heterocycles. The Hall–Kier alpha value is -2.54. The molecule has 0 fully saturated rings. The molecule has 0 spiro atoms. The number of benzene rings is 3. The second kappa shape index (κ2) is 10.2. The van der Waals surface area contributed by atoms with E-state index < -0.39 is 17.8 Å². The number of rotatable bonds is 8. The van der Waals surface area contributed by atoms with E-state index >= 15 is 0 Å². The molecule has 1 atom stereocenters. The Morgan fingerprint density at radius 2 is 1.68 bits per heavy atom. The zero-order valence-corrected chi connectivity index (χ0v) is 17.7. The van der Waals surface area contributed by atoms with Crippen molar-refractivity contribution in [3.8, 4) is 16.9 Å². The number of hydrogen-bond acceptors (Lipinski definition) is 3. The molecule has 1 N–H and O–H groups in total. The third kappa shape index (κ3) is 6.72. The molecule has 31 heavy (non-hydrogen) atoms. The number of hydrogen-bond donors (Lipinski definition) is 1. The van der Waals surface area contributed by atoms with Gasteiger partial charge in [0.05, 0.1) is 5.56 Å². The van der Waals surface area contributed by atoms with Gasteiger partial charge in [-0.1, -0.05) is 60.1 Å². The van der Waals surface area contributed by atoms with Gasteiger partial charge >= 0.3 is 6.18 Å². The largest absolute Gasteiger partial charge is 0.491 e. The summed E-state index contributed by atoms with van der Waals surface area (Å²) in [5.74, 6) is 0.695. The smallest absolute Gasteiger partial charge is 0.417 e. The first kappa shape index (κ1) is 23.1. The number of para-hydroxylation sites is 1. The molecule has 3 aromatic carbocycles. The number of nitrogens with zero attached hydrogens (tertiary/aromatic N) is 1. The predicted molar refractivity (Wildman–Crippen MR) is 116 cm³/mol. The number of aliphatic hydroxyl groups excluding tert-OH is 1. The lowest BCUT2D eigenvalue weighted by molar-refractivity contribution is -0.137. The molecule has 0 saturated heterocycles. The van der Waals surface area contributed by atoms with E-state index in [1.807, 2.05) is 42.3 Å². The first-order valence-electron chi connectivity index (χ1n) is 9.73. The summed E-state index contributed by atoms with van der Waals surface area (Å²) in [7, 11) is 1.86. The lowest BCUT2D eigenvalue weighted by Gasteiger charge is -2.21. The summed E-state index contributed by atoms with van der Waals surface area (Å²) in [5.41, 5.74) is 0.716. The Balaban J connectivity index is 1.59. The number of likely N-dealkylation sites (N-methyl/N-ethyl adjacent to an activating group) is 1. The van der Waals surface area contributed by atoms with Crippen LogP contribution in [0.4, 0.5) is 13.2 Å². The van der Waals surface area contributed by atoms with E-state index in [1.54, 1.807) is 24.3 Å². The van der Waals surface area contributed by atoms with E-state index in [4.69, 9.17) is 16.3 Å². The molecule has 0 aliphatic rings. The van der Waals surface area contributed by atoms with Crippen LogP contribution >= 0.6 is 11.6 Å². The predicted octanol–water partition coefficient (Wildman–Crippen LogP) is 5.90. The van der Waals surface area contributed by atoms with Gasteiger partial charge in [0.2, 0.25) is 0 Å². The highest BCUT2D eigenvalue weighted by Gasteiger charge is 2.33. The summed E-state index contributed by atoms with van der Waals surface area (Å²) >= 11 is 5.76. The number of halogens is 4. The Labute approximate surface area is 184 Å². The maximum Gasteiger partial charge on any atom is 0.417 e. The van der Waals surface area contributed by atoms with Crippen molar-refractivity contribution < 1.29 is 23.0 Å². The molecule has 0 aliphatic carbocycles. The van der Waals surface area contributed by atoms with Crippen molar-refractivity contribution in [2.75, 3.05) is 20.2 Å². The van der Waals surface area contributed by atoms with Crippen LogP contribution in [0.15, 0.2) is 72.8 Å². The summed E-state index contributed by atoms with van der Waals surface area (Å²) < 4.78 is 45.6. The fraction of sp³-hybridized carbons (Fsp3) is 0.250. The molecule has 164 valence electrons. The van der Waals surface area contributed by atoms with Crippen molar-refractivity contribution in [3.05, 3.63) is 88.9 Å². The molecule has 3 nitrogen and oxygen atoms in total. The highest BCUT2D eigenvalue weighted by atomic mass is 35.5. The first-order chi connectivity index (χ1) is 14.7. The van der Waals surface area contributed by atoms with Gasteiger partial charge in [0, 0.05) is 18.1 Å². The van der Waals surface area contributed by atoms with Crippen molar-refractivity contribution in [1.29, 1.82) is 0 Å². The second-order valence-corrected chi connectivity index (χ2v) is 7.80. The molecule has 0 bridgehead atoms. The summed E-state index contributed by atoms with van der Waals surface area (Å²) in [6.45, 7) is 1.10. The van der Waals surface area contributed by atoms with Crippen LogP contribution in [0.1, 0.15) is 11.1 Å². The Morgan fingerprint density at radius 1 is 1.00 bits per heavy atom. The Kier molecular flexibility index (Phi) is 7.59. The van der Waals surface area contributed by atoms with Gasteiger partial charge in [0.15, 0.2) is 0 Å². The van der Waals surface area contributed by atoms with Gasteiger partial charge in [-0.2, -0.15) is 13.2 Å². The highest BCUT2D eigenvalue weighted by Crippen LogP contribution is 2.38. The third-order valence-electron chi connectivity index (χ3n) is 4.71. The van der Waals surface area contributed by atoms with Gasteiger partial charge in [0.25, 0.3) is 0 Å². The van der Waals surface area contributed by atoms with E-state index in [0.29, 0.717) is 24.4 Å². The normalized spacial score (nSPS) is 12.7. The van der Waals surface area contributed by atoms with E-state index in [2.05, 4.69) is 0 Å². The number of ether oxygens (including phenoxy) is 1.